The van der Waals surface area contributed by atoms with Crippen molar-refractivity contribution in [2.45, 2.75) is 26.5 Å². The number of nitrogens with zero attached hydrogens (tertiary/aromatic N) is 1. The molecule has 0 aliphatic heterocycles. The first-order valence-corrected chi connectivity index (χ1v) is 8.90. The number of aliphatic imine (C=N–C) groups is 1. The van der Waals surface area contributed by atoms with Crippen LogP contribution < -0.4 is 20.1 Å². The first-order chi connectivity index (χ1) is 13.5. The van der Waals surface area contributed by atoms with Crippen molar-refractivity contribution in [3.8, 4) is 11.5 Å². The summed E-state index contributed by atoms with van der Waals surface area (Å²) in [5.74, 6) is 0.493. The Morgan fingerprint density at radius 2 is 1.89 bits per heavy atom. The third kappa shape index (κ3) is 6.68. The maximum absolute atomic E-state index is 13.7. The normalized spacial score (nSPS) is 11.4. The zero-order chi connectivity index (χ0) is 20.4. The zero-order valence-electron chi connectivity index (χ0n) is 15.8. The van der Waals surface area contributed by atoms with Crippen molar-refractivity contribution in [1.82, 2.24) is 10.6 Å². The van der Waals surface area contributed by atoms with Gasteiger partial charge >= 0.3 is 6.61 Å². The van der Waals surface area contributed by atoms with Crippen LogP contribution in [0.4, 0.5) is 13.2 Å². The second-order valence-electron chi connectivity index (χ2n) is 5.83. The Hall–Kier alpha value is -2.90. The maximum atomic E-state index is 13.7. The Morgan fingerprint density at radius 3 is 2.57 bits per heavy atom. The smallest absolute Gasteiger partial charge is 0.387 e. The first-order valence-electron chi connectivity index (χ1n) is 8.90. The molecule has 0 aliphatic carbocycles. The molecule has 2 rings (SSSR count). The average molecular weight is 395 g/mol. The molecular formula is C20H24F3N3O2. The van der Waals surface area contributed by atoms with Crippen molar-refractivity contribution >= 4 is 5.96 Å². The first kappa shape index (κ1) is 21.4. The predicted octanol–water partition coefficient (Wildman–Crippen LogP) is 3.73. The van der Waals surface area contributed by atoms with Crippen LogP contribution in [0.2, 0.25) is 0 Å². The second kappa shape index (κ2) is 11.1. The van der Waals surface area contributed by atoms with Gasteiger partial charge in [0.2, 0.25) is 0 Å². The van der Waals surface area contributed by atoms with Gasteiger partial charge in [-0.15, -0.1) is 0 Å². The summed E-state index contributed by atoms with van der Waals surface area (Å²) in [5.41, 5.74) is 1.30. The molecule has 0 bridgehead atoms. The molecule has 0 aromatic heterocycles. The van der Waals surface area contributed by atoms with Gasteiger partial charge in [0.25, 0.3) is 0 Å². The van der Waals surface area contributed by atoms with Crippen molar-refractivity contribution < 1.29 is 22.6 Å². The molecule has 0 saturated carbocycles. The van der Waals surface area contributed by atoms with Gasteiger partial charge in [0.15, 0.2) is 17.5 Å². The summed E-state index contributed by atoms with van der Waals surface area (Å²) in [4.78, 5) is 4.43. The van der Waals surface area contributed by atoms with Gasteiger partial charge < -0.3 is 20.1 Å². The van der Waals surface area contributed by atoms with E-state index in [9.17, 15) is 13.2 Å². The Labute approximate surface area is 162 Å². The highest BCUT2D eigenvalue weighted by atomic mass is 19.3. The third-order valence-corrected chi connectivity index (χ3v) is 3.85. The van der Waals surface area contributed by atoms with Gasteiger partial charge in [-0.1, -0.05) is 24.3 Å². The largest absolute Gasteiger partial charge is 0.493 e. The van der Waals surface area contributed by atoms with E-state index in [-0.39, 0.29) is 23.9 Å². The molecule has 152 valence electrons. The Kier molecular flexibility index (Phi) is 8.45. The minimum atomic E-state index is -2.94. The lowest BCUT2D eigenvalue weighted by molar-refractivity contribution is -0.0512. The van der Waals surface area contributed by atoms with E-state index < -0.39 is 6.61 Å². The number of rotatable bonds is 9. The topological polar surface area (TPSA) is 54.9 Å². The van der Waals surface area contributed by atoms with Crippen molar-refractivity contribution in [3.63, 3.8) is 0 Å². The van der Waals surface area contributed by atoms with E-state index >= 15 is 0 Å². The van der Waals surface area contributed by atoms with Crippen LogP contribution in [0.3, 0.4) is 0 Å². The van der Waals surface area contributed by atoms with Gasteiger partial charge in [-0.2, -0.15) is 8.78 Å². The SMILES string of the molecule is CCNC(=NCc1ccc(OC)c(OC(F)F)c1)NCCc1ccccc1F. The number of hydrogen-bond acceptors (Lipinski definition) is 3. The fourth-order valence-electron chi connectivity index (χ4n) is 2.54. The molecule has 0 aliphatic rings. The lowest BCUT2D eigenvalue weighted by Gasteiger charge is -2.13. The van der Waals surface area contributed by atoms with Gasteiger partial charge in [0.1, 0.15) is 5.82 Å². The monoisotopic (exact) mass is 395 g/mol. The molecule has 0 spiro atoms. The Morgan fingerprint density at radius 1 is 1.11 bits per heavy atom. The molecule has 0 heterocycles. The minimum absolute atomic E-state index is 0.0392. The van der Waals surface area contributed by atoms with Crippen LogP contribution in [0, 0.1) is 5.82 Å². The molecule has 0 saturated heterocycles. The number of benzene rings is 2. The molecular weight excluding hydrogens is 371 g/mol. The van der Waals surface area contributed by atoms with E-state index in [1.807, 2.05) is 6.92 Å². The minimum Gasteiger partial charge on any atom is -0.493 e. The summed E-state index contributed by atoms with van der Waals surface area (Å²) in [5, 5.41) is 6.22. The van der Waals surface area contributed by atoms with Crippen LogP contribution in [-0.2, 0) is 13.0 Å². The lowest BCUT2D eigenvalue weighted by Crippen LogP contribution is -2.38. The number of guanidine groups is 1. The molecule has 5 nitrogen and oxygen atoms in total. The van der Waals surface area contributed by atoms with E-state index in [0.29, 0.717) is 36.6 Å². The molecule has 0 unspecified atom stereocenters. The van der Waals surface area contributed by atoms with E-state index in [4.69, 9.17) is 4.74 Å². The van der Waals surface area contributed by atoms with Crippen LogP contribution in [0.15, 0.2) is 47.5 Å². The van der Waals surface area contributed by atoms with Crippen LogP contribution in [0.25, 0.3) is 0 Å². The highest BCUT2D eigenvalue weighted by Gasteiger charge is 2.11. The number of halogens is 3. The summed E-state index contributed by atoms with van der Waals surface area (Å²) in [7, 11) is 1.38. The number of methoxy groups -OCH3 is 1. The summed E-state index contributed by atoms with van der Waals surface area (Å²) in [6.07, 6.45) is 0.506. The number of hydrogen-bond donors (Lipinski definition) is 2. The second-order valence-corrected chi connectivity index (χ2v) is 5.83. The van der Waals surface area contributed by atoms with Crippen LogP contribution >= 0.6 is 0 Å². The average Bonchev–Trinajstić information content (AvgIpc) is 2.67. The van der Waals surface area contributed by atoms with Gasteiger partial charge in [-0.3, -0.25) is 0 Å². The Balaban J connectivity index is 2.00. The van der Waals surface area contributed by atoms with Gasteiger partial charge in [0, 0.05) is 13.1 Å². The Bertz CT molecular complexity index is 785. The highest BCUT2D eigenvalue weighted by molar-refractivity contribution is 5.79. The summed E-state index contributed by atoms with van der Waals surface area (Å²) in [6, 6.07) is 11.4. The quantitative estimate of drug-likeness (QED) is 0.502. The number of alkyl halides is 2. The fraction of sp³-hybridized carbons (Fsp3) is 0.350. The van der Waals surface area contributed by atoms with Gasteiger partial charge in [-0.05, 0) is 42.7 Å². The van der Waals surface area contributed by atoms with Crippen LogP contribution in [0.1, 0.15) is 18.1 Å². The van der Waals surface area contributed by atoms with Crippen LogP contribution in [-0.4, -0.2) is 32.8 Å². The lowest BCUT2D eigenvalue weighted by atomic mass is 10.1. The predicted molar refractivity (Wildman–Crippen MR) is 103 cm³/mol. The molecule has 8 heteroatoms. The zero-order valence-corrected chi connectivity index (χ0v) is 15.8. The van der Waals surface area contributed by atoms with E-state index in [2.05, 4.69) is 20.4 Å². The summed E-state index contributed by atoms with van der Waals surface area (Å²) < 4.78 is 48.3. The highest BCUT2D eigenvalue weighted by Crippen LogP contribution is 2.29. The molecule has 0 fully saturated rings. The van der Waals surface area contributed by atoms with E-state index in [1.165, 1.54) is 19.2 Å². The van der Waals surface area contributed by atoms with Crippen molar-refractivity contribution in [2.24, 2.45) is 4.99 Å². The molecule has 2 N–H and O–H groups in total. The van der Waals surface area contributed by atoms with Crippen molar-refractivity contribution in [2.75, 3.05) is 20.2 Å². The molecule has 2 aromatic rings. The van der Waals surface area contributed by atoms with Gasteiger partial charge in [-0.25, -0.2) is 9.38 Å². The third-order valence-electron chi connectivity index (χ3n) is 3.85. The standard InChI is InChI=1S/C20H24F3N3O2/c1-3-24-20(25-11-10-15-6-4-5-7-16(15)21)26-13-14-8-9-17(27-2)18(12-14)28-19(22)23/h4-9,12,19H,3,10-11,13H2,1-2H3,(H2,24,25,26). The molecule has 0 amide bonds. The van der Waals surface area contributed by atoms with Gasteiger partial charge in [0.05, 0.1) is 13.7 Å². The fourth-order valence-corrected chi connectivity index (χ4v) is 2.54. The van der Waals surface area contributed by atoms with Crippen molar-refractivity contribution in [1.29, 1.82) is 0 Å². The van der Waals surface area contributed by atoms with E-state index in [0.717, 1.165) is 0 Å². The number of ether oxygens (including phenoxy) is 2. The molecule has 0 atom stereocenters. The van der Waals surface area contributed by atoms with Crippen LogP contribution in [0.5, 0.6) is 11.5 Å². The molecule has 0 radical (unpaired) electrons. The summed E-state index contributed by atoms with van der Waals surface area (Å²) in [6.45, 7) is 0.377. The number of nitrogens with one attached hydrogen (secondary N) is 2. The van der Waals surface area contributed by atoms with Crippen molar-refractivity contribution in [3.05, 3.63) is 59.4 Å². The molecule has 2 aromatic carbocycles. The molecule has 28 heavy (non-hydrogen) atoms. The summed E-state index contributed by atoms with van der Waals surface area (Å²) >= 11 is 0. The maximum Gasteiger partial charge on any atom is 0.387 e. The van der Waals surface area contributed by atoms with E-state index in [1.54, 1.807) is 30.3 Å².